The first-order valence-electron chi connectivity index (χ1n) is 19.2. The molecule has 9 atom stereocenters. The minimum atomic E-state index is -0.929. The number of carbonyl (C=O) groups is 2. The zero-order valence-corrected chi connectivity index (χ0v) is 33.3. The van der Waals surface area contributed by atoms with Crippen LogP contribution in [0.15, 0.2) is 66.7 Å². The zero-order valence-electron chi connectivity index (χ0n) is 32.6. The average molecular weight is 761 g/mol. The standard InChI is InChI=1S/C43H57ClN4O6/c1-25-34-20-30(43(34,3)4)21-36(25)46-42(52)39-38(26(2)50)37(24-49)54-48(39)23-33-35(44)17-16-32(40(33)53-7)28-14-11-15-29(19-28)41(51)45-31(22-47(5)6)18-27-12-9-8-10-13-27/h8-17,19,25-26,30-31,34,36-39,49-50H,18,20-24H2,1-7H3,(H,45,51)(H,46,52)/t25-,26-,30-,31-,34-,36-,37-,38+,39-/m0/s1. The molecule has 3 aromatic rings. The zero-order chi connectivity index (χ0) is 38.9. The van der Waals surface area contributed by atoms with Gasteiger partial charge >= 0.3 is 0 Å². The van der Waals surface area contributed by atoms with Gasteiger partial charge in [-0.25, -0.2) is 0 Å². The predicted molar refractivity (Wildman–Crippen MR) is 211 cm³/mol. The minimum Gasteiger partial charge on any atom is -0.496 e. The van der Waals surface area contributed by atoms with Crippen molar-refractivity contribution in [3.63, 3.8) is 0 Å². The Morgan fingerprint density at radius 3 is 2.46 bits per heavy atom. The number of amides is 2. The Morgan fingerprint density at radius 1 is 1.09 bits per heavy atom. The number of aliphatic hydroxyl groups is 2. The normalized spacial score (nSPS) is 27.2. The number of fused-ring (bicyclic) bond motifs is 2. The van der Waals surface area contributed by atoms with Crippen molar-refractivity contribution in [1.29, 1.82) is 0 Å². The van der Waals surface area contributed by atoms with E-state index in [4.69, 9.17) is 21.2 Å². The average Bonchev–Trinajstić information content (AvgIpc) is 3.52. The summed E-state index contributed by atoms with van der Waals surface area (Å²) < 4.78 is 6.02. The molecule has 292 valence electrons. The maximum Gasteiger partial charge on any atom is 0.251 e. The number of rotatable bonds is 14. The second-order valence-electron chi connectivity index (χ2n) is 16.5. The fourth-order valence-electron chi connectivity index (χ4n) is 9.45. The molecular weight excluding hydrogens is 704 g/mol. The monoisotopic (exact) mass is 760 g/mol. The summed E-state index contributed by atoms with van der Waals surface area (Å²) in [5, 5.41) is 29.8. The number of benzene rings is 3. The summed E-state index contributed by atoms with van der Waals surface area (Å²) >= 11 is 6.88. The summed E-state index contributed by atoms with van der Waals surface area (Å²) in [6.45, 7) is 8.87. The highest BCUT2D eigenvalue weighted by atomic mass is 35.5. The Morgan fingerprint density at radius 2 is 1.83 bits per heavy atom. The highest BCUT2D eigenvalue weighted by Crippen LogP contribution is 2.61. The van der Waals surface area contributed by atoms with E-state index in [9.17, 15) is 19.8 Å². The lowest BCUT2D eigenvalue weighted by Crippen LogP contribution is -2.62. The van der Waals surface area contributed by atoms with Crippen molar-refractivity contribution in [2.24, 2.45) is 29.1 Å². The minimum absolute atomic E-state index is 0.0152. The van der Waals surface area contributed by atoms with Crippen molar-refractivity contribution in [1.82, 2.24) is 20.6 Å². The van der Waals surface area contributed by atoms with E-state index < -0.39 is 24.2 Å². The molecule has 4 N–H and O–H groups in total. The van der Waals surface area contributed by atoms with Crippen molar-refractivity contribution >= 4 is 23.4 Å². The fraction of sp³-hybridized carbons (Fsp3) is 0.535. The molecule has 2 amide bonds. The molecule has 4 fully saturated rings. The van der Waals surface area contributed by atoms with Gasteiger partial charge in [0, 0.05) is 46.3 Å². The molecule has 0 aromatic heterocycles. The summed E-state index contributed by atoms with van der Waals surface area (Å²) in [6.07, 6.45) is 1.08. The molecule has 0 spiro atoms. The molecule has 3 saturated carbocycles. The third-order valence-electron chi connectivity index (χ3n) is 12.5. The van der Waals surface area contributed by atoms with Gasteiger partial charge in [-0.15, -0.1) is 0 Å². The molecule has 1 heterocycles. The number of nitrogens with zero attached hydrogens (tertiary/aromatic N) is 2. The van der Waals surface area contributed by atoms with E-state index in [0.29, 0.717) is 58.2 Å². The van der Waals surface area contributed by atoms with E-state index in [2.05, 4.69) is 48.4 Å². The molecule has 7 rings (SSSR count). The van der Waals surface area contributed by atoms with E-state index >= 15 is 0 Å². The largest absolute Gasteiger partial charge is 0.496 e. The van der Waals surface area contributed by atoms with Gasteiger partial charge in [-0.05, 0) is 98.8 Å². The van der Waals surface area contributed by atoms with Crippen LogP contribution in [0.5, 0.6) is 5.75 Å². The van der Waals surface area contributed by atoms with E-state index in [-0.39, 0.29) is 42.5 Å². The molecule has 2 bridgehead atoms. The number of halogens is 1. The highest BCUT2D eigenvalue weighted by molar-refractivity contribution is 6.31. The Bertz CT molecular complexity index is 1790. The summed E-state index contributed by atoms with van der Waals surface area (Å²) in [5.41, 5.74) is 3.97. The first-order valence-corrected chi connectivity index (χ1v) is 19.6. The van der Waals surface area contributed by atoms with Crippen LogP contribution in [-0.2, 0) is 22.6 Å². The van der Waals surface area contributed by atoms with Gasteiger partial charge in [-0.2, -0.15) is 5.06 Å². The van der Waals surface area contributed by atoms with Crippen LogP contribution in [0, 0.1) is 29.1 Å². The highest BCUT2D eigenvalue weighted by Gasteiger charge is 2.57. The van der Waals surface area contributed by atoms with Crippen LogP contribution < -0.4 is 15.4 Å². The number of aliphatic hydroxyl groups excluding tert-OH is 2. The quantitative estimate of drug-likeness (QED) is 0.168. The Hall–Kier alpha value is -3.51. The van der Waals surface area contributed by atoms with E-state index in [1.807, 2.05) is 56.6 Å². The summed E-state index contributed by atoms with van der Waals surface area (Å²) in [7, 11) is 5.54. The van der Waals surface area contributed by atoms with Crippen molar-refractivity contribution in [2.75, 3.05) is 34.4 Å². The summed E-state index contributed by atoms with van der Waals surface area (Å²) in [4.78, 5) is 36.3. The molecule has 3 aliphatic carbocycles. The van der Waals surface area contributed by atoms with Crippen LogP contribution in [0.25, 0.3) is 11.1 Å². The lowest BCUT2D eigenvalue weighted by atomic mass is 9.45. The van der Waals surface area contributed by atoms with E-state index in [1.54, 1.807) is 31.2 Å². The smallest absolute Gasteiger partial charge is 0.251 e. The van der Waals surface area contributed by atoms with Crippen LogP contribution in [0.1, 0.15) is 62.0 Å². The second kappa shape index (κ2) is 16.7. The van der Waals surface area contributed by atoms with Gasteiger partial charge in [-0.3, -0.25) is 14.4 Å². The number of hydrogen-bond donors (Lipinski definition) is 4. The number of likely N-dealkylation sites (N-methyl/N-ethyl adjacent to an activating group) is 1. The van der Waals surface area contributed by atoms with Gasteiger partial charge in [0.25, 0.3) is 5.91 Å². The number of hydroxylamine groups is 2. The van der Waals surface area contributed by atoms with Crippen LogP contribution in [0.2, 0.25) is 5.02 Å². The molecule has 1 aliphatic heterocycles. The van der Waals surface area contributed by atoms with Crippen LogP contribution >= 0.6 is 11.6 Å². The van der Waals surface area contributed by atoms with Crippen LogP contribution in [-0.4, -0.2) is 96.7 Å². The molecule has 10 nitrogen and oxygen atoms in total. The van der Waals surface area contributed by atoms with Crippen LogP contribution in [0.4, 0.5) is 0 Å². The predicted octanol–water partition coefficient (Wildman–Crippen LogP) is 5.58. The van der Waals surface area contributed by atoms with Crippen molar-refractivity contribution < 1.29 is 29.4 Å². The molecule has 4 aliphatic rings. The molecule has 1 saturated heterocycles. The molecule has 0 radical (unpaired) electrons. The number of carbonyl (C=O) groups excluding carboxylic acids is 2. The fourth-order valence-corrected chi connectivity index (χ4v) is 9.66. The first-order chi connectivity index (χ1) is 25.7. The number of ether oxygens (including phenoxy) is 1. The third kappa shape index (κ3) is 8.20. The maximum atomic E-state index is 14.3. The Labute approximate surface area is 325 Å². The third-order valence-corrected chi connectivity index (χ3v) is 12.8. The van der Waals surface area contributed by atoms with Gasteiger partial charge in [0.1, 0.15) is 17.9 Å². The molecule has 0 unspecified atom stereocenters. The van der Waals surface area contributed by atoms with E-state index in [0.717, 1.165) is 17.5 Å². The number of nitrogens with one attached hydrogen (secondary N) is 2. The SMILES string of the molecule is COc1c(-c2cccc(C(=O)N[C@@H](Cc3ccccc3)CN(C)C)c2)ccc(Cl)c1CN1O[C@@H](CO)[C@@H]([C@H](C)O)[C@H]1C(=O)N[C@H]1C[C@@H]2C[C@@H]([C@@H]1C)C2(C)C. The summed E-state index contributed by atoms with van der Waals surface area (Å²) in [5.74, 6) is 0.788. The van der Waals surface area contributed by atoms with Gasteiger partial charge in [-0.1, -0.05) is 74.8 Å². The second-order valence-corrected chi connectivity index (χ2v) is 17.0. The molecule has 11 heteroatoms. The lowest BCUT2D eigenvalue weighted by Gasteiger charge is -2.62. The maximum absolute atomic E-state index is 14.3. The van der Waals surface area contributed by atoms with Crippen LogP contribution in [0.3, 0.4) is 0 Å². The van der Waals surface area contributed by atoms with Gasteiger partial charge < -0.3 is 30.5 Å². The topological polar surface area (TPSA) is 124 Å². The Balaban J connectivity index is 1.25. The van der Waals surface area contributed by atoms with E-state index in [1.165, 1.54) is 6.42 Å². The molecular formula is C43H57ClN4O6. The first kappa shape index (κ1) is 40.2. The van der Waals surface area contributed by atoms with Gasteiger partial charge in [0.05, 0.1) is 26.4 Å². The number of hydrogen-bond acceptors (Lipinski definition) is 8. The van der Waals surface area contributed by atoms with Crippen molar-refractivity contribution in [3.05, 3.63) is 88.4 Å². The van der Waals surface area contributed by atoms with Crippen molar-refractivity contribution in [2.45, 2.75) is 83.8 Å². The molecule has 54 heavy (non-hydrogen) atoms. The number of methoxy groups -OCH3 is 1. The van der Waals surface area contributed by atoms with Gasteiger partial charge in [0.15, 0.2) is 0 Å². The van der Waals surface area contributed by atoms with Crippen molar-refractivity contribution in [3.8, 4) is 16.9 Å². The Kier molecular flexibility index (Phi) is 12.4. The summed E-state index contributed by atoms with van der Waals surface area (Å²) in [6, 6.07) is 20.2. The van der Waals surface area contributed by atoms with Gasteiger partial charge in [0.2, 0.25) is 5.91 Å². The lowest BCUT2D eigenvalue weighted by molar-refractivity contribution is -0.183. The molecule has 3 aromatic carbocycles.